The molecule has 3 aromatic rings. The quantitative estimate of drug-likeness (QED) is 0.205. The number of hydrogen-bond donors (Lipinski definition) is 1. The normalized spacial score (nSPS) is 10.5. The molecule has 1 N–H and O–H groups in total. The van der Waals surface area contributed by atoms with Gasteiger partial charge in [-0.05, 0) is 60.5 Å². The van der Waals surface area contributed by atoms with Gasteiger partial charge in [-0.15, -0.1) is 0 Å². The van der Waals surface area contributed by atoms with Gasteiger partial charge in [0, 0.05) is 0 Å². The Kier molecular flexibility index (Phi) is 8.66. The van der Waals surface area contributed by atoms with Crippen molar-refractivity contribution in [2.45, 2.75) is 6.92 Å². The van der Waals surface area contributed by atoms with Crippen LogP contribution < -0.4 is 29.1 Å². The number of rotatable bonds is 10. The zero-order valence-corrected chi connectivity index (χ0v) is 19.9. The van der Waals surface area contributed by atoms with Crippen LogP contribution in [0.1, 0.15) is 21.5 Å². The topological polar surface area (TPSA) is 105 Å². The first-order valence-electron chi connectivity index (χ1n) is 10.6. The van der Waals surface area contributed by atoms with E-state index in [9.17, 15) is 9.59 Å². The summed E-state index contributed by atoms with van der Waals surface area (Å²) < 4.78 is 26.7. The number of methoxy groups -OCH3 is 3. The molecule has 0 radical (unpaired) electrons. The van der Waals surface area contributed by atoms with Crippen LogP contribution in [0.25, 0.3) is 0 Å². The molecule has 0 aromatic heterocycles. The minimum Gasteiger partial charge on any atom is -0.493 e. The van der Waals surface area contributed by atoms with Gasteiger partial charge < -0.3 is 23.7 Å². The number of ether oxygens (including phenoxy) is 5. The molecule has 0 atom stereocenters. The van der Waals surface area contributed by atoms with E-state index in [1.807, 2.05) is 25.1 Å². The molecule has 0 unspecified atom stereocenters. The molecular formula is C26H26N2O7. The molecule has 35 heavy (non-hydrogen) atoms. The molecule has 0 fully saturated rings. The Balaban J connectivity index is 1.55. The summed E-state index contributed by atoms with van der Waals surface area (Å²) in [6.45, 7) is 1.75. The summed E-state index contributed by atoms with van der Waals surface area (Å²) in [5.74, 6) is 1.06. The second-order valence-corrected chi connectivity index (χ2v) is 7.22. The van der Waals surface area contributed by atoms with Crippen molar-refractivity contribution in [1.29, 1.82) is 0 Å². The highest BCUT2D eigenvalue weighted by Crippen LogP contribution is 2.38. The smallest absolute Gasteiger partial charge is 0.343 e. The summed E-state index contributed by atoms with van der Waals surface area (Å²) >= 11 is 0. The van der Waals surface area contributed by atoms with Gasteiger partial charge in [0.1, 0.15) is 11.5 Å². The maximum atomic E-state index is 12.6. The maximum absolute atomic E-state index is 12.6. The fourth-order valence-corrected chi connectivity index (χ4v) is 3.06. The van der Waals surface area contributed by atoms with Crippen LogP contribution in [0.3, 0.4) is 0 Å². The Labute approximate surface area is 203 Å². The lowest BCUT2D eigenvalue weighted by Crippen LogP contribution is -2.24. The van der Waals surface area contributed by atoms with Gasteiger partial charge in [-0.1, -0.05) is 18.2 Å². The average molecular weight is 479 g/mol. The number of esters is 1. The maximum Gasteiger partial charge on any atom is 0.343 e. The van der Waals surface area contributed by atoms with Crippen molar-refractivity contribution in [3.63, 3.8) is 0 Å². The van der Waals surface area contributed by atoms with E-state index in [4.69, 9.17) is 23.7 Å². The summed E-state index contributed by atoms with van der Waals surface area (Å²) in [7, 11) is 4.41. The van der Waals surface area contributed by atoms with Crippen molar-refractivity contribution in [3.05, 3.63) is 77.4 Å². The van der Waals surface area contributed by atoms with Crippen LogP contribution in [-0.4, -0.2) is 46.0 Å². The minimum absolute atomic E-state index is 0.155. The van der Waals surface area contributed by atoms with Crippen molar-refractivity contribution < 1.29 is 33.3 Å². The Bertz CT molecular complexity index is 1180. The SMILES string of the molecule is COc1cc(C(=O)Oc2ccc(/C=N/NC(=O)COc3ccccc3C)cc2)cc(OC)c1OC. The van der Waals surface area contributed by atoms with E-state index in [1.54, 1.807) is 30.3 Å². The van der Waals surface area contributed by atoms with Crippen LogP contribution in [-0.2, 0) is 4.79 Å². The van der Waals surface area contributed by atoms with Crippen LogP contribution in [0.15, 0.2) is 65.8 Å². The van der Waals surface area contributed by atoms with Crippen LogP contribution in [0, 0.1) is 6.92 Å². The number of hydrogen-bond acceptors (Lipinski definition) is 8. The first-order chi connectivity index (χ1) is 16.9. The fourth-order valence-electron chi connectivity index (χ4n) is 3.06. The summed E-state index contributed by atoms with van der Waals surface area (Å²) in [5, 5.41) is 3.92. The van der Waals surface area contributed by atoms with Crippen molar-refractivity contribution in [3.8, 4) is 28.7 Å². The Morgan fingerprint density at radius 2 is 1.54 bits per heavy atom. The predicted octanol–water partition coefficient (Wildman–Crippen LogP) is 3.77. The Morgan fingerprint density at radius 3 is 2.14 bits per heavy atom. The van der Waals surface area contributed by atoms with E-state index < -0.39 is 5.97 Å². The minimum atomic E-state index is -0.591. The number of aryl methyl sites for hydroxylation is 1. The lowest BCUT2D eigenvalue weighted by molar-refractivity contribution is -0.123. The standard InChI is InChI=1S/C26H26N2O7/c1-17-7-5-6-8-21(17)34-16-24(29)28-27-15-18-9-11-20(12-10-18)35-26(30)19-13-22(31-2)25(33-4)23(14-19)32-3/h5-15H,16H2,1-4H3,(H,28,29)/b27-15+. The highest BCUT2D eigenvalue weighted by molar-refractivity contribution is 5.93. The zero-order valence-electron chi connectivity index (χ0n) is 19.9. The van der Waals surface area contributed by atoms with Crippen molar-refractivity contribution in [2.75, 3.05) is 27.9 Å². The number of amides is 1. The lowest BCUT2D eigenvalue weighted by Gasteiger charge is -2.13. The first kappa shape index (κ1) is 25.1. The molecule has 3 rings (SSSR count). The van der Waals surface area contributed by atoms with Gasteiger partial charge in [0.2, 0.25) is 5.75 Å². The number of benzene rings is 3. The molecule has 1 amide bonds. The number of nitrogens with zero attached hydrogens (tertiary/aromatic N) is 1. The van der Waals surface area contributed by atoms with E-state index in [0.717, 1.165) is 5.56 Å². The van der Waals surface area contributed by atoms with Gasteiger partial charge in [0.15, 0.2) is 18.1 Å². The monoisotopic (exact) mass is 478 g/mol. The molecule has 0 heterocycles. The molecule has 182 valence electrons. The third-order valence-corrected chi connectivity index (χ3v) is 4.85. The Morgan fingerprint density at radius 1 is 0.886 bits per heavy atom. The summed E-state index contributed by atoms with van der Waals surface area (Å²) in [5.41, 5.74) is 4.28. The molecule has 9 heteroatoms. The lowest BCUT2D eigenvalue weighted by atomic mass is 10.2. The fraction of sp³-hybridized carbons (Fsp3) is 0.192. The van der Waals surface area contributed by atoms with E-state index in [2.05, 4.69) is 10.5 Å². The second-order valence-electron chi connectivity index (χ2n) is 7.22. The zero-order chi connectivity index (χ0) is 25.2. The third-order valence-electron chi connectivity index (χ3n) is 4.85. The van der Waals surface area contributed by atoms with Gasteiger partial charge in [-0.25, -0.2) is 10.2 Å². The molecule has 0 aliphatic carbocycles. The molecule has 0 saturated heterocycles. The molecule has 3 aromatic carbocycles. The molecule has 0 aliphatic rings. The van der Waals surface area contributed by atoms with Crippen molar-refractivity contribution in [2.24, 2.45) is 5.10 Å². The molecule has 0 bridgehead atoms. The van der Waals surface area contributed by atoms with Gasteiger partial charge in [0.05, 0.1) is 33.1 Å². The van der Waals surface area contributed by atoms with E-state index in [-0.39, 0.29) is 18.1 Å². The van der Waals surface area contributed by atoms with Crippen molar-refractivity contribution in [1.82, 2.24) is 5.43 Å². The molecule has 9 nitrogen and oxygen atoms in total. The molecular weight excluding hydrogens is 452 g/mol. The third kappa shape index (κ3) is 6.73. The van der Waals surface area contributed by atoms with Crippen LogP contribution >= 0.6 is 0 Å². The van der Waals surface area contributed by atoms with Gasteiger partial charge in [-0.2, -0.15) is 5.10 Å². The summed E-state index contributed by atoms with van der Waals surface area (Å²) in [4.78, 5) is 24.5. The van der Waals surface area contributed by atoms with E-state index in [0.29, 0.717) is 34.3 Å². The summed E-state index contributed by atoms with van der Waals surface area (Å²) in [6, 6.07) is 17.1. The predicted molar refractivity (Wildman–Crippen MR) is 130 cm³/mol. The number of carbonyl (C=O) groups is 2. The number of para-hydroxylation sites is 1. The molecule has 0 saturated carbocycles. The first-order valence-corrected chi connectivity index (χ1v) is 10.6. The van der Waals surface area contributed by atoms with Gasteiger partial charge >= 0.3 is 5.97 Å². The Hall–Kier alpha value is -4.53. The second kappa shape index (κ2) is 12.1. The number of nitrogens with one attached hydrogen (secondary N) is 1. The van der Waals surface area contributed by atoms with E-state index >= 15 is 0 Å². The van der Waals surface area contributed by atoms with Crippen molar-refractivity contribution >= 4 is 18.1 Å². The van der Waals surface area contributed by atoms with Gasteiger partial charge in [0.25, 0.3) is 5.91 Å². The summed E-state index contributed by atoms with van der Waals surface area (Å²) in [6.07, 6.45) is 1.47. The number of carbonyl (C=O) groups excluding carboxylic acids is 2. The highest BCUT2D eigenvalue weighted by Gasteiger charge is 2.18. The highest BCUT2D eigenvalue weighted by atomic mass is 16.5. The van der Waals surface area contributed by atoms with Gasteiger partial charge in [-0.3, -0.25) is 4.79 Å². The van der Waals surface area contributed by atoms with E-state index in [1.165, 1.54) is 39.7 Å². The van der Waals surface area contributed by atoms with Crippen LogP contribution in [0.4, 0.5) is 0 Å². The molecule has 0 aliphatic heterocycles. The average Bonchev–Trinajstić information content (AvgIpc) is 2.88. The largest absolute Gasteiger partial charge is 0.493 e. The van der Waals surface area contributed by atoms with Crippen LogP contribution in [0.2, 0.25) is 0 Å². The number of hydrazone groups is 1. The van der Waals surface area contributed by atoms with Crippen LogP contribution in [0.5, 0.6) is 28.7 Å². The molecule has 0 spiro atoms.